The number of phenols is 1. The molecule has 0 spiro atoms. The number of aromatic hydroxyl groups is 1. The number of benzene rings is 2. The summed E-state index contributed by atoms with van der Waals surface area (Å²) in [6.07, 6.45) is 1.75. The number of aromatic nitrogens is 1. The normalized spacial score (nSPS) is 16.8. The van der Waals surface area contributed by atoms with E-state index in [1.165, 1.54) is 0 Å². The van der Waals surface area contributed by atoms with E-state index in [2.05, 4.69) is 20.5 Å². The molecule has 2 aromatic carbocycles. The zero-order chi connectivity index (χ0) is 24.4. The molecule has 0 unspecified atom stereocenters. The van der Waals surface area contributed by atoms with Crippen LogP contribution in [-0.2, 0) is 9.53 Å². The van der Waals surface area contributed by atoms with Crippen LogP contribution in [0.25, 0.3) is 22.8 Å². The standard InChI is InChI=1S/C27H28N4O4/c1-17-24(27(34)28-10-11-31-12-14-35-15-13-31)25(19-7-3-5-9-23(19)32)22(29-17)16-20-18-6-2-4-8-21(18)30-26(20)33/h2-9,16,29,32H,10-15H2,1H3,(H,28,34)(H,30,33). The highest BCUT2D eigenvalue weighted by Crippen LogP contribution is 2.39. The highest BCUT2D eigenvalue weighted by molar-refractivity contribution is 6.35. The number of hydrogen-bond acceptors (Lipinski definition) is 5. The van der Waals surface area contributed by atoms with Crippen molar-refractivity contribution in [1.82, 2.24) is 15.2 Å². The molecule has 2 aliphatic heterocycles. The number of rotatable bonds is 6. The Labute approximate surface area is 203 Å². The predicted molar refractivity (Wildman–Crippen MR) is 135 cm³/mol. The van der Waals surface area contributed by atoms with Crippen LogP contribution in [0.1, 0.15) is 27.3 Å². The highest BCUT2D eigenvalue weighted by Gasteiger charge is 2.27. The summed E-state index contributed by atoms with van der Waals surface area (Å²) in [5, 5.41) is 16.6. The second-order valence-corrected chi connectivity index (χ2v) is 8.70. The van der Waals surface area contributed by atoms with Crippen LogP contribution in [0.5, 0.6) is 5.75 Å². The first-order valence-electron chi connectivity index (χ1n) is 11.7. The van der Waals surface area contributed by atoms with E-state index < -0.39 is 0 Å². The van der Waals surface area contributed by atoms with Crippen molar-refractivity contribution in [3.63, 3.8) is 0 Å². The molecular weight excluding hydrogens is 444 g/mol. The number of carbonyl (C=O) groups is 2. The first-order valence-corrected chi connectivity index (χ1v) is 11.7. The maximum atomic E-state index is 13.4. The van der Waals surface area contributed by atoms with Gasteiger partial charge in [0.2, 0.25) is 0 Å². The lowest BCUT2D eigenvalue weighted by Gasteiger charge is -2.26. The number of amides is 2. The Morgan fingerprint density at radius 3 is 2.60 bits per heavy atom. The largest absolute Gasteiger partial charge is 0.507 e. The van der Waals surface area contributed by atoms with Crippen molar-refractivity contribution >= 4 is 29.2 Å². The second kappa shape index (κ2) is 9.77. The monoisotopic (exact) mass is 472 g/mol. The van der Waals surface area contributed by atoms with Crippen molar-refractivity contribution < 1.29 is 19.4 Å². The third-order valence-electron chi connectivity index (χ3n) is 6.43. The fraction of sp³-hybridized carbons (Fsp3) is 0.259. The molecular formula is C27H28N4O4. The first-order chi connectivity index (χ1) is 17.0. The average molecular weight is 473 g/mol. The molecule has 4 N–H and O–H groups in total. The van der Waals surface area contributed by atoms with Crippen molar-refractivity contribution in [2.24, 2.45) is 0 Å². The van der Waals surface area contributed by atoms with Gasteiger partial charge in [-0.3, -0.25) is 14.5 Å². The number of aromatic amines is 1. The van der Waals surface area contributed by atoms with E-state index in [0.29, 0.717) is 53.4 Å². The number of aryl methyl sites for hydroxylation is 1. The fourth-order valence-electron chi connectivity index (χ4n) is 4.67. The van der Waals surface area contributed by atoms with E-state index in [1.54, 1.807) is 24.3 Å². The molecule has 180 valence electrons. The summed E-state index contributed by atoms with van der Waals surface area (Å²) in [5.41, 5.74) is 4.82. The maximum Gasteiger partial charge on any atom is 0.256 e. The summed E-state index contributed by atoms with van der Waals surface area (Å²) in [6, 6.07) is 14.4. The van der Waals surface area contributed by atoms with Gasteiger partial charge in [0.25, 0.3) is 11.8 Å². The molecule has 2 amide bonds. The topological polar surface area (TPSA) is 107 Å². The quantitative estimate of drug-likeness (QED) is 0.412. The summed E-state index contributed by atoms with van der Waals surface area (Å²) < 4.78 is 5.38. The Hall–Kier alpha value is -3.88. The third kappa shape index (κ3) is 4.58. The van der Waals surface area contributed by atoms with Crippen LogP contribution < -0.4 is 10.6 Å². The summed E-state index contributed by atoms with van der Waals surface area (Å²) >= 11 is 0. The summed E-state index contributed by atoms with van der Waals surface area (Å²) in [5.74, 6) is -0.380. The second-order valence-electron chi connectivity index (χ2n) is 8.70. The third-order valence-corrected chi connectivity index (χ3v) is 6.43. The van der Waals surface area contributed by atoms with Crippen LogP contribution in [0.15, 0.2) is 48.5 Å². The van der Waals surface area contributed by atoms with Gasteiger partial charge in [0.15, 0.2) is 0 Å². The summed E-state index contributed by atoms with van der Waals surface area (Å²) in [7, 11) is 0. The molecule has 8 heteroatoms. The molecule has 0 saturated carbocycles. The van der Waals surface area contributed by atoms with Crippen LogP contribution in [0, 0.1) is 6.92 Å². The van der Waals surface area contributed by atoms with Gasteiger partial charge >= 0.3 is 0 Å². The number of carbonyl (C=O) groups excluding carboxylic acids is 2. The Kier molecular flexibility index (Phi) is 6.39. The van der Waals surface area contributed by atoms with Crippen LogP contribution >= 0.6 is 0 Å². The molecule has 3 heterocycles. The number of nitrogens with one attached hydrogen (secondary N) is 3. The van der Waals surface area contributed by atoms with Crippen molar-refractivity contribution in [3.8, 4) is 16.9 Å². The zero-order valence-electron chi connectivity index (χ0n) is 19.6. The Balaban J connectivity index is 1.51. The number of nitrogens with zero attached hydrogens (tertiary/aromatic N) is 1. The van der Waals surface area contributed by atoms with Crippen LogP contribution in [0.3, 0.4) is 0 Å². The SMILES string of the molecule is Cc1[nH]c(C=C2C(=O)Nc3ccccc32)c(-c2ccccc2O)c1C(=O)NCCN1CCOCC1. The molecule has 0 atom stereocenters. The van der Waals surface area contributed by atoms with Crippen molar-refractivity contribution in [2.75, 3.05) is 44.7 Å². The number of anilines is 1. The van der Waals surface area contributed by atoms with Gasteiger partial charge in [-0.2, -0.15) is 0 Å². The summed E-state index contributed by atoms with van der Waals surface area (Å²) in [6.45, 7) is 6.17. The number of para-hydroxylation sites is 2. The van der Waals surface area contributed by atoms with Gasteiger partial charge in [-0.25, -0.2) is 0 Å². The lowest BCUT2D eigenvalue weighted by atomic mass is 9.96. The smallest absolute Gasteiger partial charge is 0.256 e. The van der Waals surface area contributed by atoms with Gasteiger partial charge in [-0.15, -0.1) is 0 Å². The van der Waals surface area contributed by atoms with Crippen molar-refractivity contribution in [2.45, 2.75) is 6.92 Å². The molecule has 0 aliphatic carbocycles. The molecule has 1 fully saturated rings. The van der Waals surface area contributed by atoms with Gasteiger partial charge in [-0.1, -0.05) is 36.4 Å². The highest BCUT2D eigenvalue weighted by atomic mass is 16.5. The predicted octanol–water partition coefficient (Wildman–Crippen LogP) is 3.25. The van der Waals surface area contributed by atoms with E-state index in [-0.39, 0.29) is 17.6 Å². The van der Waals surface area contributed by atoms with E-state index >= 15 is 0 Å². The number of hydrogen-bond donors (Lipinski definition) is 4. The molecule has 35 heavy (non-hydrogen) atoms. The van der Waals surface area contributed by atoms with E-state index in [4.69, 9.17) is 4.74 Å². The molecule has 3 aromatic rings. The molecule has 5 rings (SSSR count). The minimum Gasteiger partial charge on any atom is -0.507 e. The van der Waals surface area contributed by atoms with Crippen molar-refractivity contribution in [1.29, 1.82) is 0 Å². The molecule has 1 saturated heterocycles. The lowest BCUT2D eigenvalue weighted by Crippen LogP contribution is -2.41. The Morgan fingerprint density at radius 1 is 1.11 bits per heavy atom. The number of ether oxygens (including phenoxy) is 1. The maximum absolute atomic E-state index is 13.4. The molecule has 8 nitrogen and oxygen atoms in total. The van der Waals surface area contributed by atoms with Gasteiger partial charge < -0.3 is 25.5 Å². The molecule has 0 radical (unpaired) electrons. The van der Waals surface area contributed by atoms with Crippen LogP contribution in [0.4, 0.5) is 5.69 Å². The Morgan fingerprint density at radius 2 is 1.83 bits per heavy atom. The molecule has 1 aromatic heterocycles. The number of fused-ring (bicyclic) bond motifs is 1. The lowest BCUT2D eigenvalue weighted by molar-refractivity contribution is -0.110. The van der Waals surface area contributed by atoms with Crippen LogP contribution in [0.2, 0.25) is 0 Å². The van der Waals surface area contributed by atoms with E-state index in [1.807, 2.05) is 37.3 Å². The van der Waals surface area contributed by atoms with E-state index in [9.17, 15) is 14.7 Å². The fourth-order valence-corrected chi connectivity index (χ4v) is 4.67. The molecule has 2 aliphatic rings. The van der Waals surface area contributed by atoms with Gasteiger partial charge in [0, 0.05) is 59.9 Å². The van der Waals surface area contributed by atoms with Crippen molar-refractivity contribution in [3.05, 3.63) is 71.0 Å². The van der Waals surface area contributed by atoms with Gasteiger partial charge in [-0.05, 0) is 25.1 Å². The minimum absolute atomic E-state index is 0.0600. The number of morpholine rings is 1. The number of H-pyrrole nitrogens is 1. The van der Waals surface area contributed by atoms with Crippen LogP contribution in [-0.4, -0.2) is 66.2 Å². The molecule has 0 bridgehead atoms. The zero-order valence-corrected chi connectivity index (χ0v) is 19.6. The van der Waals surface area contributed by atoms with E-state index in [0.717, 1.165) is 30.9 Å². The number of phenolic OH excluding ortho intramolecular Hbond substituents is 1. The Bertz CT molecular complexity index is 1300. The van der Waals surface area contributed by atoms with Gasteiger partial charge in [0.05, 0.1) is 24.4 Å². The first kappa shape index (κ1) is 22.9. The minimum atomic E-state index is -0.230. The average Bonchev–Trinajstić information content (AvgIpc) is 3.36. The summed E-state index contributed by atoms with van der Waals surface area (Å²) in [4.78, 5) is 31.6. The van der Waals surface area contributed by atoms with Gasteiger partial charge in [0.1, 0.15) is 5.75 Å².